The Morgan fingerprint density at radius 1 is 1.19 bits per heavy atom. The second kappa shape index (κ2) is 7.26. The van der Waals surface area contributed by atoms with E-state index in [0.29, 0.717) is 6.04 Å². The summed E-state index contributed by atoms with van der Waals surface area (Å²) >= 11 is 0. The molecule has 1 N–H and O–H groups in total. The summed E-state index contributed by atoms with van der Waals surface area (Å²) in [5, 5.41) is 3.48. The quantitative estimate of drug-likeness (QED) is 0.771. The number of nitrogens with one attached hydrogen (secondary N) is 1. The van der Waals surface area contributed by atoms with Crippen LogP contribution in [0.3, 0.4) is 0 Å². The second-order valence-electron chi connectivity index (χ2n) is 7.13. The fourth-order valence-electron chi connectivity index (χ4n) is 3.46. The lowest BCUT2D eigenvalue weighted by molar-refractivity contribution is 0.0718. The molecule has 3 aromatic rings. The highest BCUT2D eigenvalue weighted by Crippen LogP contribution is 2.20. The van der Waals surface area contributed by atoms with Gasteiger partial charge in [-0.15, -0.1) is 0 Å². The van der Waals surface area contributed by atoms with E-state index in [0.717, 1.165) is 48.6 Å². The van der Waals surface area contributed by atoms with Crippen LogP contribution in [-0.4, -0.2) is 58.4 Å². The number of piperidine rings is 1. The molecule has 4 heterocycles. The molecule has 1 aliphatic rings. The Kier molecular flexibility index (Phi) is 4.66. The molecule has 0 bridgehead atoms. The van der Waals surface area contributed by atoms with Crippen molar-refractivity contribution in [1.82, 2.24) is 19.3 Å². The standard InChI is InChI=1S/C20H24N6O/c1-24(2)19-12-18(21-14-22-19)23-16-6-9-25(10-7-16)20(27)15-11-17-5-3-4-8-26(17)13-15/h3-5,8,11-14,16H,6-7,9-10H2,1-2H3,(H,21,22,23). The van der Waals surface area contributed by atoms with Gasteiger partial charge in [0, 0.05) is 57.2 Å². The van der Waals surface area contributed by atoms with Crippen LogP contribution in [-0.2, 0) is 0 Å². The molecule has 1 aliphatic heterocycles. The maximum Gasteiger partial charge on any atom is 0.255 e. The molecule has 1 amide bonds. The zero-order valence-corrected chi connectivity index (χ0v) is 15.7. The highest BCUT2D eigenvalue weighted by atomic mass is 16.2. The zero-order chi connectivity index (χ0) is 18.8. The molecule has 0 aliphatic carbocycles. The van der Waals surface area contributed by atoms with Gasteiger partial charge in [0.05, 0.1) is 5.56 Å². The van der Waals surface area contributed by atoms with Crippen molar-refractivity contribution in [3.63, 3.8) is 0 Å². The number of amides is 1. The first-order valence-electron chi connectivity index (χ1n) is 9.22. The number of carbonyl (C=O) groups excluding carboxylic acids is 1. The van der Waals surface area contributed by atoms with Crippen LogP contribution in [0.1, 0.15) is 23.2 Å². The molecular formula is C20H24N6O. The van der Waals surface area contributed by atoms with E-state index in [1.54, 1.807) is 6.33 Å². The Hall–Kier alpha value is -3.09. The molecule has 0 aromatic carbocycles. The monoisotopic (exact) mass is 364 g/mol. The Bertz CT molecular complexity index is 909. The van der Waals surface area contributed by atoms with Gasteiger partial charge in [0.1, 0.15) is 18.0 Å². The van der Waals surface area contributed by atoms with Gasteiger partial charge >= 0.3 is 0 Å². The van der Waals surface area contributed by atoms with Gasteiger partial charge in [-0.25, -0.2) is 9.97 Å². The molecule has 0 spiro atoms. The lowest BCUT2D eigenvalue weighted by Gasteiger charge is -2.32. The summed E-state index contributed by atoms with van der Waals surface area (Å²) in [7, 11) is 3.92. The molecule has 4 rings (SSSR count). The molecule has 3 aromatic heterocycles. The third-order valence-corrected chi connectivity index (χ3v) is 5.00. The predicted octanol–water partition coefficient (Wildman–Crippen LogP) is 2.51. The Morgan fingerprint density at radius 3 is 2.74 bits per heavy atom. The van der Waals surface area contributed by atoms with Crippen molar-refractivity contribution in [2.24, 2.45) is 0 Å². The zero-order valence-electron chi connectivity index (χ0n) is 15.7. The maximum atomic E-state index is 12.8. The predicted molar refractivity (Wildman–Crippen MR) is 106 cm³/mol. The molecule has 0 radical (unpaired) electrons. The summed E-state index contributed by atoms with van der Waals surface area (Å²) in [6, 6.07) is 10.2. The molecule has 1 saturated heterocycles. The second-order valence-corrected chi connectivity index (χ2v) is 7.13. The fourth-order valence-corrected chi connectivity index (χ4v) is 3.46. The topological polar surface area (TPSA) is 65.8 Å². The van der Waals surface area contributed by atoms with Crippen LogP contribution in [0.5, 0.6) is 0 Å². The van der Waals surface area contributed by atoms with Crippen LogP contribution < -0.4 is 10.2 Å². The van der Waals surface area contributed by atoms with Gasteiger partial charge < -0.3 is 19.5 Å². The van der Waals surface area contributed by atoms with Crippen LogP contribution in [0.4, 0.5) is 11.6 Å². The van der Waals surface area contributed by atoms with Crippen molar-refractivity contribution in [2.45, 2.75) is 18.9 Å². The van der Waals surface area contributed by atoms with Crippen molar-refractivity contribution in [3.05, 3.63) is 54.6 Å². The van der Waals surface area contributed by atoms with E-state index >= 15 is 0 Å². The van der Waals surface area contributed by atoms with E-state index in [9.17, 15) is 4.79 Å². The molecule has 140 valence electrons. The van der Waals surface area contributed by atoms with Gasteiger partial charge in [0.25, 0.3) is 5.91 Å². The first kappa shape index (κ1) is 17.3. The molecule has 0 unspecified atom stereocenters. The number of hydrogen-bond acceptors (Lipinski definition) is 5. The van der Waals surface area contributed by atoms with Gasteiger partial charge in [0.2, 0.25) is 0 Å². The summed E-state index contributed by atoms with van der Waals surface area (Å²) in [6.45, 7) is 1.49. The minimum Gasteiger partial charge on any atom is -0.367 e. The van der Waals surface area contributed by atoms with Crippen LogP contribution in [0.25, 0.3) is 5.52 Å². The first-order chi connectivity index (χ1) is 13.1. The Labute approximate surface area is 158 Å². The maximum absolute atomic E-state index is 12.8. The third-order valence-electron chi connectivity index (χ3n) is 5.00. The number of nitrogens with zero attached hydrogens (tertiary/aromatic N) is 5. The highest BCUT2D eigenvalue weighted by Gasteiger charge is 2.24. The van der Waals surface area contributed by atoms with Gasteiger partial charge in [-0.05, 0) is 31.0 Å². The Balaban J connectivity index is 1.37. The number of aromatic nitrogens is 3. The van der Waals surface area contributed by atoms with Crippen LogP contribution in [0.15, 0.2) is 49.1 Å². The summed E-state index contributed by atoms with van der Waals surface area (Å²) < 4.78 is 1.99. The van der Waals surface area contributed by atoms with Crippen molar-refractivity contribution < 1.29 is 4.79 Å². The van der Waals surface area contributed by atoms with E-state index < -0.39 is 0 Å². The number of rotatable bonds is 4. The van der Waals surface area contributed by atoms with Crippen molar-refractivity contribution in [2.75, 3.05) is 37.4 Å². The molecule has 0 atom stereocenters. The average Bonchev–Trinajstić information content (AvgIpc) is 3.12. The third kappa shape index (κ3) is 3.72. The number of carbonyl (C=O) groups is 1. The van der Waals surface area contributed by atoms with E-state index in [-0.39, 0.29) is 5.91 Å². The van der Waals surface area contributed by atoms with E-state index in [2.05, 4.69) is 15.3 Å². The fraction of sp³-hybridized carbons (Fsp3) is 0.350. The lowest BCUT2D eigenvalue weighted by atomic mass is 10.0. The van der Waals surface area contributed by atoms with Crippen LogP contribution in [0, 0.1) is 0 Å². The number of anilines is 2. The molecule has 0 saturated carbocycles. The summed E-state index contributed by atoms with van der Waals surface area (Å²) in [5.74, 6) is 1.81. The van der Waals surface area contributed by atoms with Gasteiger partial charge in [0.15, 0.2) is 0 Å². The van der Waals surface area contributed by atoms with E-state index in [1.165, 1.54) is 0 Å². The van der Waals surface area contributed by atoms with E-state index in [4.69, 9.17) is 0 Å². The van der Waals surface area contributed by atoms with Gasteiger partial charge in [-0.1, -0.05) is 6.07 Å². The molecule has 7 heteroatoms. The smallest absolute Gasteiger partial charge is 0.255 e. The summed E-state index contributed by atoms with van der Waals surface area (Å²) in [5.41, 5.74) is 1.79. The summed E-state index contributed by atoms with van der Waals surface area (Å²) in [4.78, 5) is 25.3. The summed E-state index contributed by atoms with van der Waals surface area (Å²) in [6.07, 6.45) is 7.26. The van der Waals surface area contributed by atoms with Crippen LogP contribution in [0.2, 0.25) is 0 Å². The normalized spacial score (nSPS) is 15.1. The molecule has 1 fully saturated rings. The average molecular weight is 364 g/mol. The van der Waals surface area contributed by atoms with Gasteiger partial charge in [-0.3, -0.25) is 4.79 Å². The SMILES string of the molecule is CN(C)c1cc(NC2CCN(C(=O)c3cc4ccccn4c3)CC2)ncn1. The number of fused-ring (bicyclic) bond motifs is 1. The molecule has 27 heavy (non-hydrogen) atoms. The highest BCUT2D eigenvalue weighted by molar-refractivity contribution is 5.95. The van der Waals surface area contributed by atoms with Crippen molar-refractivity contribution >= 4 is 23.1 Å². The van der Waals surface area contributed by atoms with Crippen molar-refractivity contribution in [3.8, 4) is 0 Å². The minimum absolute atomic E-state index is 0.106. The minimum atomic E-state index is 0.106. The Morgan fingerprint density at radius 2 is 2.00 bits per heavy atom. The van der Waals surface area contributed by atoms with Crippen LogP contribution >= 0.6 is 0 Å². The van der Waals surface area contributed by atoms with Crippen molar-refractivity contribution in [1.29, 1.82) is 0 Å². The molecular weight excluding hydrogens is 340 g/mol. The van der Waals surface area contributed by atoms with E-state index in [1.807, 2.05) is 71.0 Å². The first-order valence-corrected chi connectivity index (χ1v) is 9.22. The number of pyridine rings is 1. The lowest BCUT2D eigenvalue weighted by Crippen LogP contribution is -2.42. The van der Waals surface area contributed by atoms with Gasteiger partial charge in [-0.2, -0.15) is 0 Å². The number of likely N-dealkylation sites (tertiary alicyclic amines) is 1. The largest absolute Gasteiger partial charge is 0.367 e. The number of hydrogen-bond donors (Lipinski definition) is 1. The molecule has 7 nitrogen and oxygen atoms in total.